The van der Waals surface area contributed by atoms with Crippen molar-refractivity contribution >= 4 is 17.5 Å². The van der Waals surface area contributed by atoms with Gasteiger partial charge in [-0.1, -0.05) is 49.9 Å². The smallest absolute Gasteiger partial charge is 0.249 e. The van der Waals surface area contributed by atoms with Crippen LogP contribution in [-0.2, 0) is 11.3 Å². The van der Waals surface area contributed by atoms with Gasteiger partial charge >= 0.3 is 0 Å². The van der Waals surface area contributed by atoms with Crippen molar-refractivity contribution in [1.29, 1.82) is 5.26 Å². The number of likely N-dealkylation sites (N-methyl/N-ethyl adjacent to an activating group) is 1. The summed E-state index contributed by atoms with van der Waals surface area (Å²) in [6.45, 7) is 3.34. The van der Waals surface area contributed by atoms with Gasteiger partial charge in [0, 0.05) is 7.05 Å². The van der Waals surface area contributed by atoms with Gasteiger partial charge < -0.3 is 9.32 Å². The predicted octanol–water partition coefficient (Wildman–Crippen LogP) is 4.29. The van der Waals surface area contributed by atoms with Crippen LogP contribution in [0.1, 0.15) is 51.3 Å². The Labute approximate surface area is 182 Å². The van der Waals surface area contributed by atoms with Crippen LogP contribution in [0.4, 0.5) is 0 Å². The minimum atomic E-state index is -0.686. The molecular formula is C22H28ClN5O2. The topological polar surface area (TPSA) is 86.3 Å². The average molecular weight is 430 g/mol. The van der Waals surface area contributed by atoms with Crippen LogP contribution in [0.5, 0.6) is 0 Å². The molecule has 7 nitrogen and oxygen atoms in total. The third-order valence-corrected chi connectivity index (χ3v) is 6.06. The molecule has 160 valence electrons. The summed E-state index contributed by atoms with van der Waals surface area (Å²) in [6, 6.07) is 9.71. The molecule has 1 fully saturated rings. The number of hydrogen-bond acceptors (Lipinski definition) is 6. The van der Waals surface area contributed by atoms with Crippen LogP contribution >= 0.6 is 11.6 Å². The fraction of sp³-hybridized carbons (Fsp3) is 0.545. The van der Waals surface area contributed by atoms with Gasteiger partial charge in [-0.05, 0) is 37.9 Å². The van der Waals surface area contributed by atoms with Gasteiger partial charge in [0.1, 0.15) is 5.54 Å². The van der Waals surface area contributed by atoms with Crippen LogP contribution in [0.25, 0.3) is 11.5 Å². The summed E-state index contributed by atoms with van der Waals surface area (Å²) in [4.78, 5) is 16.6. The first-order valence-corrected chi connectivity index (χ1v) is 10.8. The second-order valence-electron chi connectivity index (χ2n) is 7.85. The summed E-state index contributed by atoms with van der Waals surface area (Å²) in [5.41, 5.74) is -0.00130. The Kier molecular flexibility index (Phi) is 7.46. The van der Waals surface area contributed by atoms with E-state index in [1.54, 1.807) is 18.0 Å². The Hall–Kier alpha value is -2.43. The number of carbonyl (C=O) groups excluding carboxylic acids is 1. The zero-order valence-electron chi connectivity index (χ0n) is 17.6. The lowest BCUT2D eigenvalue weighted by Gasteiger charge is -2.39. The van der Waals surface area contributed by atoms with Crippen LogP contribution in [0.2, 0.25) is 5.02 Å². The van der Waals surface area contributed by atoms with Crippen molar-refractivity contribution < 1.29 is 9.21 Å². The maximum absolute atomic E-state index is 13.0. The molecule has 0 saturated heterocycles. The fourth-order valence-electron chi connectivity index (χ4n) is 3.98. The Morgan fingerprint density at radius 2 is 2.00 bits per heavy atom. The number of halogens is 1. The number of hydrogen-bond donors (Lipinski definition) is 0. The van der Waals surface area contributed by atoms with E-state index in [1.165, 1.54) is 0 Å². The summed E-state index contributed by atoms with van der Waals surface area (Å²) in [5.74, 6) is 0.736. The minimum Gasteiger partial charge on any atom is -0.419 e. The molecule has 1 saturated carbocycles. The van der Waals surface area contributed by atoms with Crippen molar-refractivity contribution in [3.8, 4) is 17.5 Å². The average Bonchev–Trinajstić information content (AvgIpc) is 3.22. The molecule has 1 aromatic heterocycles. The van der Waals surface area contributed by atoms with Gasteiger partial charge in [0.15, 0.2) is 0 Å². The highest BCUT2D eigenvalue weighted by molar-refractivity contribution is 6.33. The molecule has 2 aromatic rings. The maximum Gasteiger partial charge on any atom is 0.249 e. The third kappa shape index (κ3) is 5.00. The number of rotatable bonds is 8. The predicted molar refractivity (Wildman–Crippen MR) is 115 cm³/mol. The quantitative estimate of drug-likeness (QED) is 0.622. The van der Waals surface area contributed by atoms with E-state index in [9.17, 15) is 10.1 Å². The van der Waals surface area contributed by atoms with E-state index < -0.39 is 5.54 Å². The summed E-state index contributed by atoms with van der Waals surface area (Å²) in [6.07, 6.45) is 5.45. The first kappa shape index (κ1) is 22.3. The van der Waals surface area contributed by atoms with E-state index in [4.69, 9.17) is 16.0 Å². The molecule has 0 unspecified atom stereocenters. The van der Waals surface area contributed by atoms with Crippen LogP contribution in [-0.4, -0.2) is 51.6 Å². The zero-order valence-corrected chi connectivity index (χ0v) is 18.4. The maximum atomic E-state index is 13.0. The molecule has 0 atom stereocenters. The second-order valence-corrected chi connectivity index (χ2v) is 8.26. The fourth-order valence-corrected chi connectivity index (χ4v) is 4.19. The molecule has 1 heterocycles. The lowest BCUT2D eigenvalue weighted by molar-refractivity contribution is -0.136. The summed E-state index contributed by atoms with van der Waals surface area (Å²) < 4.78 is 5.80. The molecule has 3 rings (SSSR count). The lowest BCUT2D eigenvalue weighted by Crippen LogP contribution is -2.52. The van der Waals surface area contributed by atoms with Crippen molar-refractivity contribution in [2.24, 2.45) is 0 Å². The molecule has 1 amide bonds. The van der Waals surface area contributed by atoms with E-state index in [2.05, 4.69) is 23.2 Å². The Balaban J connectivity index is 1.68. The first-order valence-electron chi connectivity index (χ1n) is 10.5. The molecule has 8 heteroatoms. The van der Waals surface area contributed by atoms with Crippen molar-refractivity contribution in [2.45, 2.75) is 57.5 Å². The normalized spacial score (nSPS) is 15.7. The van der Waals surface area contributed by atoms with E-state index >= 15 is 0 Å². The van der Waals surface area contributed by atoms with Gasteiger partial charge in [0.05, 0.1) is 29.7 Å². The molecule has 0 aliphatic heterocycles. The standard InChI is InChI=1S/C22H28ClN5O2/c1-3-13-28(15-20(29)27(2)22(16-24)11-7-4-8-12-22)14-19-25-26-21(30-19)17-9-5-6-10-18(17)23/h5-6,9-10H,3-4,7-8,11-15H2,1-2H3. The van der Waals surface area contributed by atoms with E-state index in [-0.39, 0.29) is 12.5 Å². The molecule has 0 radical (unpaired) electrons. The molecule has 1 aromatic carbocycles. The molecule has 0 N–H and O–H groups in total. The largest absolute Gasteiger partial charge is 0.419 e. The third-order valence-electron chi connectivity index (χ3n) is 5.73. The summed E-state index contributed by atoms with van der Waals surface area (Å²) >= 11 is 6.21. The minimum absolute atomic E-state index is 0.0576. The van der Waals surface area contributed by atoms with Crippen LogP contribution < -0.4 is 0 Å². The second kappa shape index (κ2) is 10.1. The molecule has 1 aliphatic carbocycles. The zero-order chi connectivity index (χ0) is 21.6. The van der Waals surface area contributed by atoms with E-state index in [1.807, 2.05) is 23.1 Å². The highest BCUT2D eigenvalue weighted by Crippen LogP contribution is 2.32. The van der Waals surface area contributed by atoms with E-state index in [0.29, 0.717) is 35.5 Å². The molecular weight excluding hydrogens is 402 g/mol. The van der Waals surface area contributed by atoms with Gasteiger partial charge in [-0.15, -0.1) is 10.2 Å². The van der Waals surface area contributed by atoms with Gasteiger partial charge in [-0.2, -0.15) is 5.26 Å². The Morgan fingerprint density at radius 1 is 1.27 bits per heavy atom. The number of carbonyl (C=O) groups is 1. The summed E-state index contributed by atoms with van der Waals surface area (Å²) in [5, 5.41) is 18.6. The van der Waals surface area contributed by atoms with Crippen molar-refractivity contribution in [3.63, 3.8) is 0 Å². The SMILES string of the molecule is CCCN(CC(=O)N(C)C1(C#N)CCCCC1)Cc1nnc(-c2ccccc2Cl)o1. The van der Waals surface area contributed by atoms with Crippen molar-refractivity contribution in [2.75, 3.05) is 20.1 Å². The van der Waals surface area contributed by atoms with E-state index in [0.717, 1.165) is 38.5 Å². The Bertz CT molecular complexity index is 901. The Morgan fingerprint density at radius 3 is 2.67 bits per heavy atom. The van der Waals surface area contributed by atoms with Crippen LogP contribution in [0.3, 0.4) is 0 Å². The number of nitriles is 1. The van der Waals surface area contributed by atoms with Crippen molar-refractivity contribution in [3.05, 3.63) is 35.2 Å². The molecule has 0 spiro atoms. The first-order chi connectivity index (χ1) is 14.5. The number of amides is 1. The van der Waals surface area contributed by atoms with Crippen LogP contribution in [0.15, 0.2) is 28.7 Å². The molecule has 1 aliphatic rings. The number of aromatic nitrogens is 2. The molecule has 0 bridgehead atoms. The van der Waals surface area contributed by atoms with Gasteiger partial charge in [0.25, 0.3) is 0 Å². The van der Waals surface area contributed by atoms with Crippen LogP contribution in [0, 0.1) is 11.3 Å². The number of nitrogens with zero attached hydrogens (tertiary/aromatic N) is 5. The monoisotopic (exact) mass is 429 g/mol. The van der Waals surface area contributed by atoms with Gasteiger partial charge in [-0.3, -0.25) is 9.69 Å². The molecule has 30 heavy (non-hydrogen) atoms. The number of benzene rings is 1. The summed E-state index contributed by atoms with van der Waals surface area (Å²) in [7, 11) is 1.75. The van der Waals surface area contributed by atoms with Gasteiger partial charge in [-0.25, -0.2) is 0 Å². The van der Waals surface area contributed by atoms with Crippen molar-refractivity contribution in [1.82, 2.24) is 20.0 Å². The highest BCUT2D eigenvalue weighted by Gasteiger charge is 2.39. The van der Waals surface area contributed by atoms with Gasteiger partial charge in [0.2, 0.25) is 17.7 Å². The highest BCUT2D eigenvalue weighted by atomic mass is 35.5. The lowest BCUT2D eigenvalue weighted by atomic mass is 9.81.